The molecule has 2 aromatic carbocycles. The molecule has 4 rings (SSSR count). The van der Waals surface area contributed by atoms with Crippen LogP contribution in [0.15, 0.2) is 71.6 Å². The molecule has 0 spiro atoms. The minimum absolute atomic E-state index is 0.0403. The van der Waals surface area contributed by atoms with E-state index in [2.05, 4.69) is 0 Å². The number of para-hydroxylation sites is 1. The summed E-state index contributed by atoms with van der Waals surface area (Å²) in [6.07, 6.45) is 0. The molecule has 1 aromatic heterocycles. The average Bonchev–Trinajstić information content (AvgIpc) is 3.40. The molecule has 1 amide bonds. The minimum atomic E-state index is -0.732. The standard InChI is InChI=1S/C23H19NO5S/c1-28-16-11-10-14(13-17(16)29-2)21(25)19-20(18-9-6-12-30-18)24(23(27)22(19)26)15-7-4-3-5-8-15/h3-13,20,25H,1-2H3/b21-19-. The van der Waals surface area contributed by atoms with Crippen LogP contribution in [-0.2, 0) is 9.59 Å². The van der Waals surface area contributed by atoms with Gasteiger partial charge in [0.25, 0.3) is 11.7 Å². The maximum Gasteiger partial charge on any atom is 0.300 e. The van der Waals surface area contributed by atoms with Crippen molar-refractivity contribution in [3.63, 3.8) is 0 Å². The molecule has 6 nitrogen and oxygen atoms in total. The van der Waals surface area contributed by atoms with Gasteiger partial charge in [-0.15, -0.1) is 11.3 Å². The predicted octanol–water partition coefficient (Wildman–Crippen LogP) is 4.39. The molecular weight excluding hydrogens is 402 g/mol. The number of thiophene rings is 1. The van der Waals surface area contributed by atoms with Gasteiger partial charge in [0, 0.05) is 16.1 Å². The Morgan fingerprint density at radius 3 is 2.33 bits per heavy atom. The molecule has 7 heteroatoms. The Bertz CT molecular complexity index is 1120. The van der Waals surface area contributed by atoms with Crippen molar-refractivity contribution in [2.45, 2.75) is 6.04 Å². The largest absolute Gasteiger partial charge is 0.507 e. The van der Waals surface area contributed by atoms with Crippen LogP contribution in [0.25, 0.3) is 5.76 Å². The lowest BCUT2D eigenvalue weighted by Crippen LogP contribution is -2.29. The first-order chi connectivity index (χ1) is 14.6. The lowest BCUT2D eigenvalue weighted by atomic mass is 9.99. The number of rotatable bonds is 5. The molecule has 0 radical (unpaired) electrons. The monoisotopic (exact) mass is 421 g/mol. The summed E-state index contributed by atoms with van der Waals surface area (Å²) in [6, 6.07) is 16.8. The van der Waals surface area contributed by atoms with E-state index in [-0.39, 0.29) is 11.3 Å². The highest BCUT2D eigenvalue weighted by molar-refractivity contribution is 7.10. The van der Waals surface area contributed by atoms with Gasteiger partial charge in [-0.2, -0.15) is 0 Å². The topological polar surface area (TPSA) is 76.1 Å². The number of anilines is 1. The maximum atomic E-state index is 13.0. The van der Waals surface area contributed by atoms with Crippen LogP contribution in [0.1, 0.15) is 16.5 Å². The number of aliphatic hydroxyl groups is 1. The van der Waals surface area contributed by atoms with Crippen LogP contribution in [0.2, 0.25) is 0 Å². The summed E-state index contributed by atoms with van der Waals surface area (Å²) in [5.74, 6) is -0.766. The summed E-state index contributed by atoms with van der Waals surface area (Å²) in [6.45, 7) is 0. The molecule has 1 aliphatic rings. The van der Waals surface area contributed by atoms with Crippen molar-refractivity contribution in [2.75, 3.05) is 19.1 Å². The van der Waals surface area contributed by atoms with Crippen LogP contribution < -0.4 is 14.4 Å². The van der Waals surface area contributed by atoms with E-state index in [4.69, 9.17) is 9.47 Å². The lowest BCUT2D eigenvalue weighted by Gasteiger charge is -2.24. The third kappa shape index (κ3) is 3.23. The first kappa shape index (κ1) is 19.7. The first-order valence-electron chi connectivity index (χ1n) is 9.18. The number of carbonyl (C=O) groups is 2. The second-order valence-electron chi connectivity index (χ2n) is 6.59. The van der Waals surface area contributed by atoms with E-state index < -0.39 is 17.7 Å². The Morgan fingerprint density at radius 2 is 1.70 bits per heavy atom. The van der Waals surface area contributed by atoms with Crippen molar-refractivity contribution in [3.05, 3.63) is 82.1 Å². The third-order valence-electron chi connectivity index (χ3n) is 4.95. The summed E-state index contributed by atoms with van der Waals surface area (Å²) >= 11 is 1.42. The number of benzene rings is 2. The number of hydrogen-bond donors (Lipinski definition) is 1. The molecule has 30 heavy (non-hydrogen) atoms. The number of nitrogens with zero attached hydrogens (tertiary/aromatic N) is 1. The highest BCUT2D eigenvalue weighted by atomic mass is 32.1. The van der Waals surface area contributed by atoms with Crippen molar-refractivity contribution < 1.29 is 24.2 Å². The lowest BCUT2D eigenvalue weighted by molar-refractivity contribution is -0.132. The van der Waals surface area contributed by atoms with Gasteiger partial charge in [-0.1, -0.05) is 24.3 Å². The number of carbonyl (C=O) groups excluding carboxylic acids is 2. The average molecular weight is 421 g/mol. The number of ether oxygens (including phenoxy) is 2. The van der Waals surface area contributed by atoms with Gasteiger partial charge in [0.05, 0.1) is 19.8 Å². The fourth-order valence-corrected chi connectivity index (χ4v) is 4.37. The van der Waals surface area contributed by atoms with Gasteiger partial charge in [-0.05, 0) is 41.8 Å². The fraction of sp³-hybridized carbons (Fsp3) is 0.130. The molecule has 3 aromatic rings. The van der Waals surface area contributed by atoms with Crippen LogP contribution in [0.4, 0.5) is 5.69 Å². The number of hydrogen-bond acceptors (Lipinski definition) is 6. The number of aliphatic hydroxyl groups excluding tert-OH is 1. The molecule has 1 atom stereocenters. The number of amides is 1. The van der Waals surface area contributed by atoms with Gasteiger partial charge >= 0.3 is 0 Å². The molecule has 1 fully saturated rings. The van der Waals surface area contributed by atoms with Gasteiger partial charge in [0.1, 0.15) is 11.8 Å². The Balaban J connectivity index is 1.91. The van der Waals surface area contributed by atoms with Gasteiger partial charge in [0.15, 0.2) is 11.5 Å². The Hall–Kier alpha value is -3.58. The van der Waals surface area contributed by atoms with Gasteiger partial charge in [-0.25, -0.2) is 0 Å². The second kappa shape index (κ2) is 8.04. The Kier molecular flexibility index (Phi) is 5.29. The van der Waals surface area contributed by atoms with E-state index in [0.717, 1.165) is 4.88 Å². The van der Waals surface area contributed by atoms with Crippen LogP contribution in [-0.4, -0.2) is 31.0 Å². The number of methoxy groups -OCH3 is 2. The smallest absolute Gasteiger partial charge is 0.300 e. The number of Topliss-reactive ketones (excluding diaryl/α,β-unsaturated/α-hetero) is 1. The highest BCUT2D eigenvalue weighted by Crippen LogP contribution is 2.44. The van der Waals surface area contributed by atoms with Crippen LogP contribution in [0, 0.1) is 0 Å². The molecular formula is C23H19NO5S. The van der Waals surface area contributed by atoms with E-state index in [1.54, 1.807) is 42.5 Å². The first-order valence-corrected chi connectivity index (χ1v) is 10.1. The normalized spacial score (nSPS) is 17.9. The van der Waals surface area contributed by atoms with Gasteiger partial charge in [-0.3, -0.25) is 14.5 Å². The molecule has 2 heterocycles. The molecule has 1 unspecified atom stereocenters. The highest BCUT2D eigenvalue weighted by Gasteiger charge is 2.47. The molecule has 1 aliphatic heterocycles. The van der Waals surface area contributed by atoms with Crippen LogP contribution in [0.3, 0.4) is 0 Å². The zero-order valence-corrected chi connectivity index (χ0v) is 17.2. The van der Waals surface area contributed by atoms with E-state index in [0.29, 0.717) is 22.7 Å². The Morgan fingerprint density at radius 1 is 0.967 bits per heavy atom. The van der Waals surface area contributed by atoms with E-state index in [9.17, 15) is 14.7 Å². The maximum absolute atomic E-state index is 13.0. The minimum Gasteiger partial charge on any atom is -0.507 e. The molecule has 0 aliphatic carbocycles. The van der Waals surface area contributed by atoms with Crippen molar-refractivity contribution in [3.8, 4) is 11.5 Å². The molecule has 152 valence electrons. The summed E-state index contributed by atoms with van der Waals surface area (Å²) in [4.78, 5) is 28.2. The van der Waals surface area contributed by atoms with Gasteiger partial charge < -0.3 is 14.6 Å². The quantitative estimate of drug-likeness (QED) is 0.376. The van der Waals surface area contributed by atoms with Crippen molar-refractivity contribution in [2.24, 2.45) is 0 Å². The Labute approximate surface area is 177 Å². The molecule has 0 bridgehead atoms. The third-order valence-corrected chi connectivity index (χ3v) is 5.87. The summed E-state index contributed by atoms with van der Waals surface area (Å²) in [5, 5.41) is 13.0. The zero-order valence-electron chi connectivity index (χ0n) is 16.4. The van der Waals surface area contributed by atoms with E-state index >= 15 is 0 Å². The summed E-state index contributed by atoms with van der Waals surface area (Å²) < 4.78 is 10.5. The van der Waals surface area contributed by atoms with E-state index in [1.165, 1.54) is 30.5 Å². The van der Waals surface area contributed by atoms with Crippen LogP contribution in [0.5, 0.6) is 11.5 Å². The van der Waals surface area contributed by atoms with Crippen LogP contribution >= 0.6 is 11.3 Å². The van der Waals surface area contributed by atoms with Gasteiger partial charge in [0.2, 0.25) is 0 Å². The van der Waals surface area contributed by atoms with Crippen molar-refractivity contribution in [1.82, 2.24) is 0 Å². The molecule has 0 saturated carbocycles. The number of ketones is 1. The zero-order chi connectivity index (χ0) is 21.3. The molecule has 1 N–H and O–H groups in total. The summed E-state index contributed by atoms with van der Waals surface area (Å²) in [7, 11) is 3.00. The molecule has 1 saturated heterocycles. The predicted molar refractivity (Wildman–Crippen MR) is 115 cm³/mol. The van der Waals surface area contributed by atoms with E-state index in [1.807, 2.05) is 23.6 Å². The summed E-state index contributed by atoms with van der Waals surface area (Å²) in [5.41, 5.74) is 0.989. The second-order valence-corrected chi connectivity index (χ2v) is 7.57. The van der Waals surface area contributed by atoms with Crippen molar-refractivity contribution >= 4 is 34.5 Å². The SMILES string of the molecule is COc1ccc(/C(O)=C2/C(=O)C(=O)N(c3ccccc3)C2c2cccs2)cc1OC. The fourth-order valence-electron chi connectivity index (χ4n) is 3.54. The van der Waals surface area contributed by atoms with Crippen molar-refractivity contribution in [1.29, 1.82) is 0 Å².